The molecule has 0 spiro atoms. The van der Waals surface area contributed by atoms with Crippen LogP contribution < -0.4 is 0 Å². The molecule has 0 aromatic rings. The van der Waals surface area contributed by atoms with Gasteiger partial charge in [0.2, 0.25) is 0 Å². The number of hydrogen-bond donors (Lipinski definition) is 2. The Hall–Kier alpha value is -1.30. The number of esters is 1. The minimum absolute atomic E-state index is 0.00852. The van der Waals surface area contributed by atoms with Gasteiger partial charge in [-0.15, -0.1) is 0 Å². The standard InChI is InChI=1S/C11H19NO5/c1-11(2,3)17-9(14)7-6-12(10(15)16)5-4-8(7)13/h7-8,13H,4-6H2,1-3H3,(H,15,16)/t7-,8+/m1/s1. The summed E-state index contributed by atoms with van der Waals surface area (Å²) in [5, 5.41) is 18.6. The molecule has 1 saturated heterocycles. The van der Waals surface area contributed by atoms with Crippen molar-refractivity contribution in [3.63, 3.8) is 0 Å². The number of likely N-dealkylation sites (tertiary alicyclic amines) is 1. The van der Waals surface area contributed by atoms with Crippen molar-refractivity contribution in [3.05, 3.63) is 0 Å². The van der Waals surface area contributed by atoms with E-state index in [1.807, 2.05) is 0 Å². The van der Waals surface area contributed by atoms with Crippen LogP contribution >= 0.6 is 0 Å². The molecule has 0 unspecified atom stereocenters. The maximum absolute atomic E-state index is 11.8. The van der Waals surface area contributed by atoms with Crippen LogP contribution in [0.4, 0.5) is 4.79 Å². The minimum Gasteiger partial charge on any atom is -0.465 e. The Bertz CT molecular complexity index is 309. The molecular weight excluding hydrogens is 226 g/mol. The monoisotopic (exact) mass is 245 g/mol. The number of aliphatic hydroxyl groups excluding tert-OH is 1. The smallest absolute Gasteiger partial charge is 0.407 e. The molecule has 6 heteroatoms. The van der Waals surface area contributed by atoms with Crippen LogP contribution in [-0.4, -0.2) is 52.0 Å². The maximum Gasteiger partial charge on any atom is 0.407 e. The topological polar surface area (TPSA) is 87.1 Å². The third kappa shape index (κ3) is 3.89. The van der Waals surface area contributed by atoms with Crippen molar-refractivity contribution in [2.75, 3.05) is 13.1 Å². The Balaban J connectivity index is 2.67. The Morgan fingerprint density at radius 1 is 1.35 bits per heavy atom. The zero-order valence-corrected chi connectivity index (χ0v) is 10.3. The van der Waals surface area contributed by atoms with Crippen LogP contribution in [-0.2, 0) is 9.53 Å². The van der Waals surface area contributed by atoms with Crippen LogP contribution in [0.25, 0.3) is 0 Å². The summed E-state index contributed by atoms with van der Waals surface area (Å²) >= 11 is 0. The molecule has 1 amide bonds. The number of nitrogens with zero attached hydrogens (tertiary/aromatic N) is 1. The van der Waals surface area contributed by atoms with Gasteiger partial charge in [-0.3, -0.25) is 4.79 Å². The average molecular weight is 245 g/mol. The number of amides is 1. The number of piperidine rings is 1. The van der Waals surface area contributed by atoms with Gasteiger partial charge in [-0.25, -0.2) is 4.79 Å². The van der Waals surface area contributed by atoms with Crippen molar-refractivity contribution >= 4 is 12.1 Å². The van der Waals surface area contributed by atoms with E-state index in [-0.39, 0.29) is 19.5 Å². The number of carbonyl (C=O) groups excluding carboxylic acids is 1. The van der Waals surface area contributed by atoms with E-state index in [9.17, 15) is 14.7 Å². The molecule has 1 fully saturated rings. The summed E-state index contributed by atoms with van der Waals surface area (Å²) in [6.45, 7) is 5.43. The molecule has 0 radical (unpaired) electrons. The molecule has 0 aliphatic carbocycles. The zero-order chi connectivity index (χ0) is 13.2. The summed E-state index contributed by atoms with van der Waals surface area (Å²) in [5.41, 5.74) is -0.637. The number of aliphatic hydroxyl groups is 1. The van der Waals surface area contributed by atoms with Gasteiger partial charge in [-0.05, 0) is 27.2 Å². The predicted molar refractivity (Wildman–Crippen MR) is 59.6 cm³/mol. The fourth-order valence-corrected chi connectivity index (χ4v) is 1.72. The number of ether oxygens (including phenoxy) is 1. The molecule has 2 atom stereocenters. The van der Waals surface area contributed by atoms with Crippen LogP contribution in [0.15, 0.2) is 0 Å². The minimum atomic E-state index is -1.08. The van der Waals surface area contributed by atoms with Crippen LogP contribution in [0.5, 0.6) is 0 Å². The fraction of sp³-hybridized carbons (Fsp3) is 0.818. The lowest BCUT2D eigenvalue weighted by Crippen LogP contribution is -2.49. The quantitative estimate of drug-likeness (QED) is 0.664. The number of hydrogen-bond acceptors (Lipinski definition) is 4. The lowest BCUT2D eigenvalue weighted by atomic mass is 9.95. The van der Waals surface area contributed by atoms with Crippen LogP contribution in [0.2, 0.25) is 0 Å². The first kappa shape index (κ1) is 13.8. The Morgan fingerprint density at radius 2 is 1.94 bits per heavy atom. The number of carbonyl (C=O) groups is 2. The molecule has 98 valence electrons. The summed E-state index contributed by atoms with van der Waals surface area (Å²) < 4.78 is 5.16. The van der Waals surface area contributed by atoms with Crippen molar-refractivity contribution < 1.29 is 24.5 Å². The summed E-state index contributed by atoms with van der Waals surface area (Å²) in [7, 11) is 0. The van der Waals surface area contributed by atoms with E-state index in [4.69, 9.17) is 9.84 Å². The lowest BCUT2D eigenvalue weighted by molar-refractivity contribution is -0.166. The van der Waals surface area contributed by atoms with Crippen LogP contribution in [0.1, 0.15) is 27.2 Å². The number of carboxylic acid groups (broad SMARTS) is 1. The number of rotatable bonds is 1. The second kappa shape index (κ2) is 4.91. The van der Waals surface area contributed by atoms with E-state index in [0.717, 1.165) is 4.90 Å². The Morgan fingerprint density at radius 3 is 2.41 bits per heavy atom. The highest BCUT2D eigenvalue weighted by Crippen LogP contribution is 2.21. The highest BCUT2D eigenvalue weighted by molar-refractivity contribution is 5.75. The van der Waals surface area contributed by atoms with Crippen LogP contribution in [0, 0.1) is 5.92 Å². The molecule has 2 N–H and O–H groups in total. The molecule has 0 saturated carbocycles. The van der Waals surface area contributed by atoms with Gasteiger partial charge in [0.1, 0.15) is 11.5 Å². The van der Waals surface area contributed by atoms with E-state index in [1.165, 1.54) is 0 Å². The van der Waals surface area contributed by atoms with Gasteiger partial charge in [0.25, 0.3) is 0 Å². The first-order valence-electron chi connectivity index (χ1n) is 5.59. The summed E-state index contributed by atoms with van der Waals surface area (Å²) in [5.74, 6) is -1.34. The first-order chi connectivity index (χ1) is 7.70. The van der Waals surface area contributed by atoms with Gasteiger partial charge >= 0.3 is 12.1 Å². The largest absolute Gasteiger partial charge is 0.465 e. The van der Waals surface area contributed by atoms with E-state index < -0.39 is 29.7 Å². The third-order valence-electron chi connectivity index (χ3n) is 2.56. The molecule has 0 bridgehead atoms. The third-order valence-corrected chi connectivity index (χ3v) is 2.56. The van der Waals surface area contributed by atoms with Gasteiger partial charge < -0.3 is 19.8 Å². The van der Waals surface area contributed by atoms with Gasteiger partial charge in [-0.1, -0.05) is 0 Å². The van der Waals surface area contributed by atoms with E-state index >= 15 is 0 Å². The SMILES string of the molecule is CC(C)(C)OC(=O)[C@@H]1CN(C(=O)O)CC[C@@H]1O. The fourth-order valence-electron chi connectivity index (χ4n) is 1.72. The van der Waals surface area contributed by atoms with Crippen molar-refractivity contribution in [1.29, 1.82) is 0 Å². The van der Waals surface area contributed by atoms with Gasteiger partial charge in [-0.2, -0.15) is 0 Å². The highest BCUT2D eigenvalue weighted by Gasteiger charge is 2.37. The van der Waals surface area contributed by atoms with Gasteiger partial charge in [0.05, 0.1) is 6.10 Å². The average Bonchev–Trinajstić information content (AvgIpc) is 2.14. The maximum atomic E-state index is 11.8. The Kier molecular flexibility index (Phi) is 3.98. The highest BCUT2D eigenvalue weighted by atomic mass is 16.6. The second-order valence-corrected chi connectivity index (χ2v) is 5.22. The van der Waals surface area contributed by atoms with Crippen molar-refractivity contribution in [2.45, 2.75) is 38.9 Å². The van der Waals surface area contributed by atoms with E-state index in [0.29, 0.717) is 0 Å². The lowest BCUT2D eigenvalue weighted by Gasteiger charge is -2.34. The molecule has 1 heterocycles. The van der Waals surface area contributed by atoms with Crippen molar-refractivity contribution in [1.82, 2.24) is 4.90 Å². The molecular formula is C11H19NO5. The normalized spacial score (nSPS) is 25.5. The zero-order valence-electron chi connectivity index (χ0n) is 10.3. The molecule has 1 rings (SSSR count). The van der Waals surface area contributed by atoms with Gasteiger partial charge in [0.15, 0.2) is 0 Å². The van der Waals surface area contributed by atoms with Gasteiger partial charge in [0, 0.05) is 13.1 Å². The molecule has 0 aromatic heterocycles. The molecule has 0 aromatic carbocycles. The molecule has 1 aliphatic heterocycles. The van der Waals surface area contributed by atoms with Crippen LogP contribution in [0.3, 0.4) is 0 Å². The molecule has 6 nitrogen and oxygen atoms in total. The predicted octanol–water partition coefficient (Wildman–Crippen LogP) is 0.689. The first-order valence-corrected chi connectivity index (χ1v) is 5.59. The van der Waals surface area contributed by atoms with E-state index in [1.54, 1.807) is 20.8 Å². The van der Waals surface area contributed by atoms with Crippen molar-refractivity contribution in [2.24, 2.45) is 5.92 Å². The molecule has 17 heavy (non-hydrogen) atoms. The summed E-state index contributed by atoms with van der Waals surface area (Å²) in [6.07, 6.45) is -1.65. The second-order valence-electron chi connectivity index (χ2n) is 5.22. The Labute approximate surface area is 100 Å². The summed E-state index contributed by atoms with van der Waals surface area (Å²) in [4.78, 5) is 23.7. The van der Waals surface area contributed by atoms with Crippen molar-refractivity contribution in [3.8, 4) is 0 Å². The summed E-state index contributed by atoms with van der Waals surface area (Å²) in [6, 6.07) is 0. The molecule has 1 aliphatic rings. The van der Waals surface area contributed by atoms with E-state index in [2.05, 4.69) is 0 Å².